The number of amides is 1. The van der Waals surface area contributed by atoms with Crippen LogP contribution in [0.5, 0.6) is 0 Å². The van der Waals surface area contributed by atoms with E-state index in [-0.39, 0.29) is 17.9 Å². The van der Waals surface area contributed by atoms with E-state index in [0.717, 1.165) is 0 Å². The van der Waals surface area contributed by atoms with Gasteiger partial charge in [0.2, 0.25) is 15.9 Å². The molecule has 2 aromatic rings. The van der Waals surface area contributed by atoms with E-state index in [4.69, 9.17) is 5.11 Å². The van der Waals surface area contributed by atoms with Crippen molar-refractivity contribution in [1.29, 1.82) is 0 Å². The first-order valence-electron chi connectivity index (χ1n) is 7.94. The summed E-state index contributed by atoms with van der Waals surface area (Å²) in [6.45, 7) is 1.76. The normalized spacial score (nSPS) is 16.5. The number of nitrogens with zero attached hydrogens (tertiary/aromatic N) is 3. The molecule has 1 aliphatic rings. The van der Waals surface area contributed by atoms with Gasteiger partial charge in [0, 0.05) is 12.2 Å². The van der Waals surface area contributed by atoms with Gasteiger partial charge in [0.15, 0.2) is 0 Å². The molecule has 0 unspecified atom stereocenters. The maximum atomic E-state index is 12.1. The quantitative estimate of drug-likeness (QED) is 0.796. The maximum absolute atomic E-state index is 12.1. The van der Waals surface area contributed by atoms with Crippen molar-refractivity contribution >= 4 is 27.6 Å². The molecule has 1 aromatic carbocycles. The number of hydrogen-bond donors (Lipinski definition) is 2. The zero-order valence-electron chi connectivity index (χ0n) is 14.0. The lowest BCUT2D eigenvalue weighted by Crippen LogP contribution is -2.34. The fourth-order valence-electron chi connectivity index (χ4n) is 2.82. The predicted molar refractivity (Wildman–Crippen MR) is 93.9 cm³/mol. The van der Waals surface area contributed by atoms with E-state index < -0.39 is 21.9 Å². The predicted octanol–water partition coefficient (Wildman–Crippen LogP) is 0.853. The number of carbonyl (C=O) groups is 2. The van der Waals surface area contributed by atoms with Crippen molar-refractivity contribution < 1.29 is 23.1 Å². The van der Waals surface area contributed by atoms with E-state index in [1.165, 1.54) is 15.2 Å². The van der Waals surface area contributed by atoms with Crippen molar-refractivity contribution in [2.45, 2.75) is 13.3 Å². The lowest BCUT2D eigenvalue weighted by atomic mass is 10.2. The van der Waals surface area contributed by atoms with Crippen LogP contribution in [0.3, 0.4) is 0 Å². The number of rotatable bonds is 5. The highest BCUT2D eigenvalue weighted by molar-refractivity contribution is 7.89. The van der Waals surface area contributed by atoms with E-state index >= 15 is 0 Å². The first-order valence-corrected chi connectivity index (χ1v) is 9.55. The molecule has 0 bridgehead atoms. The molecule has 1 saturated heterocycles. The average Bonchev–Trinajstić information content (AvgIpc) is 3.10. The smallest absolute Gasteiger partial charge is 0.339 e. The maximum Gasteiger partial charge on any atom is 0.339 e. The number of carbonyl (C=O) groups excluding carboxylic acids is 1. The number of aromatic nitrogens is 2. The Morgan fingerprint density at radius 2 is 2.12 bits per heavy atom. The van der Waals surface area contributed by atoms with Crippen LogP contribution in [-0.4, -0.2) is 58.3 Å². The average molecular weight is 378 g/mol. The summed E-state index contributed by atoms with van der Waals surface area (Å²) in [5.41, 5.74) is 1.61. The number of aromatic carboxylic acids is 1. The SMILES string of the molecule is Cc1c(C(=O)O)cnn1-c1cccc(NC(=O)CN2CCCS2(=O)=O)c1. The molecule has 0 spiro atoms. The molecule has 0 aliphatic carbocycles. The Bertz CT molecular complexity index is 967. The molecule has 0 radical (unpaired) electrons. The minimum absolute atomic E-state index is 0.0697. The highest BCUT2D eigenvalue weighted by atomic mass is 32.2. The standard InChI is InChI=1S/C16H18N4O5S/c1-11-14(16(22)23)9-17-20(11)13-5-2-4-12(8-13)18-15(21)10-19-6-3-7-26(19,24)25/h2,4-5,8-9H,3,6-7,10H2,1H3,(H,18,21)(H,22,23). The molecule has 0 saturated carbocycles. The molecular formula is C16H18N4O5S. The summed E-state index contributed by atoms with van der Waals surface area (Å²) in [7, 11) is -3.33. The number of nitrogens with one attached hydrogen (secondary N) is 1. The summed E-state index contributed by atoms with van der Waals surface area (Å²) in [5, 5.41) is 15.8. The first kappa shape index (κ1) is 18.1. The molecule has 138 valence electrons. The van der Waals surface area contributed by atoms with Crippen molar-refractivity contribution in [3.63, 3.8) is 0 Å². The van der Waals surface area contributed by atoms with Crippen molar-refractivity contribution in [2.24, 2.45) is 0 Å². The Kier molecular flexibility index (Phi) is 4.79. The second-order valence-corrected chi connectivity index (χ2v) is 8.05. The zero-order chi connectivity index (χ0) is 18.9. The molecule has 0 atom stereocenters. The van der Waals surface area contributed by atoms with Crippen LogP contribution in [0.15, 0.2) is 30.5 Å². The van der Waals surface area contributed by atoms with Crippen molar-refractivity contribution in [1.82, 2.24) is 14.1 Å². The van der Waals surface area contributed by atoms with Gasteiger partial charge in [0.1, 0.15) is 5.56 Å². The lowest BCUT2D eigenvalue weighted by molar-refractivity contribution is -0.116. The fraction of sp³-hybridized carbons (Fsp3) is 0.312. The third kappa shape index (κ3) is 3.60. The molecular weight excluding hydrogens is 360 g/mol. The number of carboxylic acid groups (broad SMARTS) is 1. The summed E-state index contributed by atoms with van der Waals surface area (Å²) in [6.07, 6.45) is 1.79. The first-order chi connectivity index (χ1) is 12.3. The Morgan fingerprint density at radius 1 is 1.35 bits per heavy atom. The fourth-order valence-corrected chi connectivity index (χ4v) is 4.30. The molecule has 26 heavy (non-hydrogen) atoms. The van der Waals surface area contributed by atoms with Gasteiger partial charge in [-0.2, -0.15) is 9.40 Å². The largest absolute Gasteiger partial charge is 0.478 e. The van der Waals surface area contributed by atoms with Gasteiger partial charge in [-0.3, -0.25) is 4.79 Å². The van der Waals surface area contributed by atoms with Gasteiger partial charge in [-0.25, -0.2) is 17.9 Å². The third-order valence-electron chi connectivity index (χ3n) is 4.14. The van der Waals surface area contributed by atoms with Crippen LogP contribution in [0.4, 0.5) is 5.69 Å². The molecule has 1 aliphatic heterocycles. The Balaban J connectivity index is 1.75. The van der Waals surface area contributed by atoms with E-state index in [1.807, 2.05) is 0 Å². The van der Waals surface area contributed by atoms with Gasteiger partial charge < -0.3 is 10.4 Å². The van der Waals surface area contributed by atoms with Crippen molar-refractivity contribution in [3.05, 3.63) is 41.7 Å². The van der Waals surface area contributed by atoms with E-state index in [1.54, 1.807) is 31.2 Å². The molecule has 1 fully saturated rings. The Morgan fingerprint density at radius 3 is 2.73 bits per heavy atom. The van der Waals surface area contributed by atoms with Gasteiger partial charge in [-0.15, -0.1) is 0 Å². The third-order valence-corrected chi connectivity index (χ3v) is 6.04. The number of carboxylic acids is 1. The van der Waals surface area contributed by atoms with E-state index in [9.17, 15) is 18.0 Å². The number of sulfonamides is 1. The number of anilines is 1. The highest BCUT2D eigenvalue weighted by Crippen LogP contribution is 2.19. The Labute approximate surface area is 150 Å². The summed E-state index contributed by atoms with van der Waals surface area (Å²) in [6, 6.07) is 6.73. The van der Waals surface area contributed by atoms with Crippen LogP contribution in [0.1, 0.15) is 22.5 Å². The number of hydrogen-bond acceptors (Lipinski definition) is 5. The second-order valence-electron chi connectivity index (χ2n) is 5.96. The summed E-state index contributed by atoms with van der Waals surface area (Å²) in [4.78, 5) is 23.3. The van der Waals surface area contributed by atoms with Crippen LogP contribution < -0.4 is 5.32 Å². The van der Waals surface area contributed by atoms with Gasteiger partial charge >= 0.3 is 5.97 Å². The molecule has 9 nitrogen and oxygen atoms in total. The van der Waals surface area contributed by atoms with Crippen LogP contribution in [0.2, 0.25) is 0 Å². The van der Waals surface area contributed by atoms with Crippen molar-refractivity contribution in [3.8, 4) is 5.69 Å². The van der Waals surface area contributed by atoms with Crippen LogP contribution in [0, 0.1) is 6.92 Å². The van der Waals surface area contributed by atoms with E-state index in [2.05, 4.69) is 10.4 Å². The van der Waals surface area contributed by atoms with Gasteiger partial charge in [0.25, 0.3) is 0 Å². The van der Waals surface area contributed by atoms with E-state index in [0.29, 0.717) is 30.0 Å². The molecule has 3 rings (SSSR count). The lowest BCUT2D eigenvalue weighted by Gasteiger charge is -2.14. The molecule has 2 heterocycles. The summed E-state index contributed by atoms with van der Waals surface area (Å²) in [5.74, 6) is -1.43. The van der Waals surface area contributed by atoms with Gasteiger partial charge in [-0.05, 0) is 31.5 Å². The van der Waals surface area contributed by atoms with Crippen LogP contribution in [-0.2, 0) is 14.8 Å². The molecule has 1 aromatic heterocycles. The molecule has 2 N–H and O–H groups in total. The minimum atomic E-state index is -3.33. The van der Waals surface area contributed by atoms with Gasteiger partial charge in [-0.1, -0.05) is 6.07 Å². The Hall–Kier alpha value is -2.72. The molecule has 10 heteroatoms. The zero-order valence-corrected chi connectivity index (χ0v) is 14.9. The second kappa shape index (κ2) is 6.89. The monoisotopic (exact) mass is 378 g/mol. The van der Waals surface area contributed by atoms with Gasteiger partial charge in [0.05, 0.1) is 29.9 Å². The summed E-state index contributed by atoms with van der Waals surface area (Å²) >= 11 is 0. The molecule has 1 amide bonds. The minimum Gasteiger partial charge on any atom is -0.478 e. The summed E-state index contributed by atoms with van der Waals surface area (Å²) < 4.78 is 26.2. The van der Waals surface area contributed by atoms with Crippen LogP contribution in [0.25, 0.3) is 5.69 Å². The highest BCUT2D eigenvalue weighted by Gasteiger charge is 2.29. The van der Waals surface area contributed by atoms with Crippen molar-refractivity contribution in [2.75, 3.05) is 24.2 Å². The van der Waals surface area contributed by atoms with Crippen LogP contribution >= 0.6 is 0 Å². The number of benzene rings is 1. The topological polar surface area (TPSA) is 122 Å².